The first kappa shape index (κ1) is 25.4. The van der Waals surface area contributed by atoms with Gasteiger partial charge in [0.1, 0.15) is 11.8 Å². The molecular weight excluding hydrogens is 552 g/mol. The summed E-state index contributed by atoms with van der Waals surface area (Å²) in [5.41, 5.74) is 2.25. The maximum atomic E-state index is 13.8. The largest absolute Gasteiger partial charge is 0.496 e. The van der Waals surface area contributed by atoms with Gasteiger partial charge in [-0.1, -0.05) is 64.3 Å². The van der Waals surface area contributed by atoms with E-state index in [2.05, 4.69) is 15.9 Å². The van der Waals surface area contributed by atoms with Crippen molar-refractivity contribution in [2.75, 3.05) is 13.7 Å². The van der Waals surface area contributed by atoms with Crippen LogP contribution in [-0.2, 0) is 9.53 Å². The average Bonchev–Trinajstić information content (AvgIpc) is 3.14. The van der Waals surface area contributed by atoms with Crippen molar-refractivity contribution in [3.05, 3.63) is 94.0 Å². The Hall–Kier alpha value is -2.68. The van der Waals surface area contributed by atoms with Crippen LogP contribution in [0.5, 0.6) is 5.75 Å². The highest BCUT2D eigenvalue weighted by Crippen LogP contribution is 2.38. The van der Waals surface area contributed by atoms with Gasteiger partial charge in [0.05, 0.1) is 29.5 Å². The zero-order valence-corrected chi connectivity index (χ0v) is 22.7. The Morgan fingerprint density at radius 2 is 1.97 bits per heavy atom. The van der Waals surface area contributed by atoms with Gasteiger partial charge in [0.15, 0.2) is 4.80 Å². The third kappa shape index (κ3) is 5.15. The summed E-state index contributed by atoms with van der Waals surface area (Å²) >= 11 is 10.8. The van der Waals surface area contributed by atoms with E-state index in [1.165, 1.54) is 11.3 Å². The van der Waals surface area contributed by atoms with Crippen molar-refractivity contribution in [2.45, 2.75) is 32.7 Å². The Balaban J connectivity index is 2.04. The maximum absolute atomic E-state index is 13.8. The van der Waals surface area contributed by atoms with Crippen LogP contribution in [0.3, 0.4) is 0 Å². The molecule has 2 aromatic carbocycles. The van der Waals surface area contributed by atoms with Crippen molar-refractivity contribution in [2.24, 2.45) is 4.99 Å². The normalized spacial score (nSPS) is 15.6. The topological polar surface area (TPSA) is 69.9 Å². The molecule has 1 aliphatic rings. The number of nitrogens with zero attached hydrogens (tertiary/aromatic N) is 2. The summed E-state index contributed by atoms with van der Waals surface area (Å²) < 4.78 is 14.0. The van der Waals surface area contributed by atoms with Gasteiger partial charge >= 0.3 is 5.97 Å². The van der Waals surface area contributed by atoms with Crippen molar-refractivity contribution < 1.29 is 14.3 Å². The highest BCUT2D eigenvalue weighted by molar-refractivity contribution is 9.10. The van der Waals surface area contributed by atoms with Gasteiger partial charge in [-0.05, 0) is 55.3 Å². The molecule has 0 amide bonds. The molecule has 1 aromatic heterocycles. The van der Waals surface area contributed by atoms with Crippen molar-refractivity contribution in [3.63, 3.8) is 0 Å². The van der Waals surface area contributed by atoms with Gasteiger partial charge in [0, 0.05) is 15.1 Å². The standard InChI is InChI=1S/C26H24BrClN2O4S/c1-4-6-19-22(25(32)34-5-2)23(18-14-16(27)9-12-20(18)33-3)30-24(31)21(35-26(30)29-19)13-15-7-10-17(28)11-8-15/h7-14,23H,4-6H2,1-3H3/b21-13+/t23-/m1/s1. The van der Waals surface area contributed by atoms with Crippen molar-refractivity contribution in [1.82, 2.24) is 4.57 Å². The number of fused-ring (bicyclic) bond motifs is 1. The molecule has 0 fully saturated rings. The van der Waals surface area contributed by atoms with Crippen LogP contribution in [-0.4, -0.2) is 24.3 Å². The predicted molar refractivity (Wildman–Crippen MR) is 142 cm³/mol. The number of carbonyl (C=O) groups is 1. The van der Waals surface area contributed by atoms with E-state index in [1.807, 2.05) is 43.3 Å². The molecule has 0 spiro atoms. The summed E-state index contributed by atoms with van der Waals surface area (Å²) in [4.78, 5) is 32.4. The summed E-state index contributed by atoms with van der Waals surface area (Å²) in [6.45, 7) is 3.99. The molecule has 182 valence electrons. The molecular formula is C26H24BrClN2O4S. The molecule has 1 atom stereocenters. The summed E-state index contributed by atoms with van der Waals surface area (Å²) in [6, 6.07) is 12.0. The zero-order chi connectivity index (χ0) is 25.1. The second-order valence-corrected chi connectivity index (χ2v) is 10.2. The summed E-state index contributed by atoms with van der Waals surface area (Å²) in [7, 11) is 1.57. The lowest BCUT2D eigenvalue weighted by atomic mass is 9.93. The zero-order valence-electron chi connectivity index (χ0n) is 19.5. The molecule has 0 bridgehead atoms. The number of rotatable bonds is 7. The molecule has 0 unspecified atom stereocenters. The lowest BCUT2D eigenvalue weighted by Gasteiger charge is -2.27. The van der Waals surface area contributed by atoms with E-state index in [1.54, 1.807) is 30.7 Å². The second kappa shape index (κ2) is 10.9. The van der Waals surface area contributed by atoms with Crippen LogP contribution in [0.25, 0.3) is 6.08 Å². The molecule has 2 heterocycles. The average molecular weight is 576 g/mol. The van der Waals surface area contributed by atoms with Crippen LogP contribution >= 0.6 is 38.9 Å². The van der Waals surface area contributed by atoms with Gasteiger partial charge in [-0.15, -0.1) is 0 Å². The highest BCUT2D eigenvalue weighted by atomic mass is 79.9. The lowest BCUT2D eigenvalue weighted by Crippen LogP contribution is -2.40. The minimum Gasteiger partial charge on any atom is -0.496 e. The van der Waals surface area contributed by atoms with Crippen LogP contribution in [0.4, 0.5) is 0 Å². The van der Waals surface area contributed by atoms with Gasteiger partial charge in [-0.2, -0.15) is 0 Å². The fraction of sp³-hybridized carbons (Fsp3) is 0.269. The first-order chi connectivity index (χ1) is 16.9. The van der Waals surface area contributed by atoms with Crippen LogP contribution in [0.2, 0.25) is 5.02 Å². The molecule has 35 heavy (non-hydrogen) atoms. The number of esters is 1. The number of carbonyl (C=O) groups excluding carboxylic acids is 1. The van der Waals surface area contributed by atoms with Gasteiger partial charge in [-0.3, -0.25) is 9.36 Å². The Kier molecular flexibility index (Phi) is 7.94. The number of benzene rings is 2. The summed E-state index contributed by atoms with van der Waals surface area (Å²) in [5, 5.41) is 0.619. The number of methoxy groups -OCH3 is 1. The number of halogens is 2. The second-order valence-electron chi connectivity index (χ2n) is 7.85. The first-order valence-electron chi connectivity index (χ1n) is 11.2. The van der Waals surface area contributed by atoms with Gasteiger partial charge in [0.25, 0.3) is 5.56 Å². The SMILES string of the molecule is CCCC1=C(C(=O)OCC)[C@@H](c2cc(Br)ccc2OC)n2c(s/c(=C/c3ccc(Cl)cc3)c2=O)=N1. The quantitative estimate of drug-likeness (QED) is 0.372. The molecule has 4 rings (SSSR count). The Bertz CT molecular complexity index is 1470. The molecule has 6 nitrogen and oxygen atoms in total. The first-order valence-corrected chi connectivity index (χ1v) is 13.2. The molecule has 3 aromatic rings. The molecule has 0 saturated heterocycles. The number of ether oxygens (including phenoxy) is 2. The van der Waals surface area contributed by atoms with Crippen LogP contribution in [0.1, 0.15) is 43.9 Å². The molecule has 0 radical (unpaired) electrons. The third-order valence-corrected chi connectivity index (χ3v) is 7.27. The van der Waals surface area contributed by atoms with Gasteiger partial charge in [-0.25, -0.2) is 9.79 Å². The van der Waals surface area contributed by atoms with Gasteiger partial charge in [0.2, 0.25) is 0 Å². The number of hydrogen-bond donors (Lipinski definition) is 0. The molecule has 1 aliphatic heterocycles. The molecule has 0 saturated carbocycles. The fourth-order valence-electron chi connectivity index (χ4n) is 4.04. The van der Waals surface area contributed by atoms with Crippen molar-refractivity contribution in [1.29, 1.82) is 0 Å². The van der Waals surface area contributed by atoms with E-state index in [4.69, 9.17) is 26.1 Å². The van der Waals surface area contributed by atoms with E-state index >= 15 is 0 Å². The van der Waals surface area contributed by atoms with E-state index in [0.29, 0.717) is 43.4 Å². The van der Waals surface area contributed by atoms with Crippen molar-refractivity contribution in [3.8, 4) is 5.75 Å². The summed E-state index contributed by atoms with van der Waals surface area (Å²) in [6.07, 6.45) is 3.16. The minimum atomic E-state index is -0.744. The Morgan fingerprint density at radius 3 is 2.63 bits per heavy atom. The number of hydrogen-bond acceptors (Lipinski definition) is 6. The van der Waals surface area contributed by atoms with Crippen LogP contribution in [0.15, 0.2) is 68.0 Å². The lowest BCUT2D eigenvalue weighted by molar-refractivity contribution is -0.139. The van der Waals surface area contributed by atoms with E-state index in [-0.39, 0.29) is 12.2 Å². The number of thiazole rings is 1. The minimum absolute atomic E-state index is 0.213. The molecule has 0 aliphatic carbocycles. The summed E-state index contributed by atoms with van der Waals surface area (Å²) in [5.74, 6) is 0.0729. The van der Waals surface area contributed by atoms with Crippen LogP contribution in [0, 0.1) is 0 Å². The van der Waals surface area contributed by atoms with E-state index in [9.17, 15) is 9.59 Å². The maximum Gasteiger partial charge on any atom is 0.338 e. The molecule has 0 N–H and O–H groups in total. The fourth-order valence-corrected chi connectivity index (χ4v) is 5.57. The highest BCUT2D eigenvalue weighted by Gasteiger charge is 2.36. The third-order valence-electron chi connectivity index (χ3n) is 5.55. The van der Waals surface area contributed by atoms with Crippen LogP contribution < -0.4 is 19.6 Å². The molecule has 9 heteroatoms. The number of allylic oxidation sites excluding steroid dienone is 1. The Morgan fingerprint density at radius 1 is 1.23 bits per heavy atom. The number of aromatic nitrogens is 1. The van der Waals surface area contributed by atoms with Crippen molar-refractivity contribution >= 4 is 50.9 Å². The van der Waals surface area contributed by atoms with E-state index in [0.717, 1.165) is 16.5 Å². The smallest absolute Gasteiger partial charge is 0.338 e. The monoisotopic (exact) mass is 574 g/mol. The predicted octanol–water partition coefficient (Wildman–Crippen LogP) is 5.00. The van der Waals surface area contributed by atoms with Gasteiger partial charge < -0.3 is 9.47 Å². The van der Waals surface area contributed by atoms with E-state index < -0.39 is 12.0 Å². The Labute approximate surface area is 220 Å².